The van der Waals surface area contributed by atoms with E-state index in [2.05, 4.69) is 5.32 Å². The molecule has 0 unspecified atom stereocenters. The molecule has 0 saturated carbocycles. The smallest absolute Gasteiger partial charge is 0.244 e. The van der Waals surface area contributed by atoms with Crippen LogP contribution < -0.4 is 10.1 Å². The molecule has 0 spiro atoms. The first kappa shape index (κ1) is 22.6. The normalized spacial score (nSPS) is 11.7. The number of rotatable bonds is 11. The number of amides is 1. The highest BCUT2D eigenvalue weighted by Crippen LogP contribution is 2.16. The Morgan fingerprint density at radius 3 is 2.31 bits per heavy atom. The van der Waals surface area contributed by atoms with Gasteiger partial charge in [0.15, 0.2) is 0 Å². The van der Waals surface area contributed by atoms with Crippen LogP contribution in [0.5, 0.6) is 5.75 Å². The van der Waals surface area contributed by atoms with Gasteiger partial charge in [0.05, 0.1) is 11.5 Å². The lowest BCUT2D eigenvalue weighted by Crippen LogP contribution is -2.30. The van der Waals surface area contributed by atoms with E-state index in [0.717, 1.165) is 11.3 Å². The Kier molecular flexibility index (Phi) is 8.89. The molecule has 0 heterocycles. The minimum Gasteiger partial charge on any atom is -0.494 e. The molecule has 0 radical (unpaired) electrons. The van der Waals surface area contributed by atoms with Crippen LogP contribution in [0.3, 0.4) is 0 Å². The van der Waals surface area contributed by atoms with Crippen molar-refractivity contribution in [2.45, 2.75) is 25.2 Å². The first-order valence-electron chi connectivity index (χ1n) is 9.71. The molecule has 1 N–H and O–H groups in total. The molecular weight excluding hydrogens is 388 g/mol. The maximum absolute atomic E-state index is 12.5. The monoisotopic (exact) mass is 416 g/mol. The third kappa shape index (κ3) is 7.03. The molecule has 1 amide bonds. The molecule has 0 aromatic heterocycles. The summed E-state index contributed by atoms with van der Waals surface area (Å²) < 4.78 is 31.9. The van der Waals surface area contributed by atoms with Gasteiger partial charge in [-0.15, -0.1) is 0 Å². The summed E-state index contributed by atoms with van der Waals surface area (Å²) in [6.45, 7) is 5.51. The number of nitrogens with one attached hydrogen (secondary N) is 1. The summed E-state index contributed by atoms with van der Waals surface area (Å²) in [4.78, 5) is 12.2. The molecule has 2 rings (SSSR count). The molecule has 0 aliphatic rings. The Morgan fingerprint density at radius 2 is 1.69 bits per heavy atom. The van der Waals surface area contributed by atoms with Crippen LogP contribution in [-0.2, 0) is 14.8 Å². The summed E-state index contributed by atoms with van der Waals surface area (Å²) in [5.74, 6) is 0.606. The number of ether oxygens (including phenoxy) is 1. The molecule has 0 atom stereocenters. The zero-order chi connectivity index (χ0) is 21.1. The number of para-hydroxylation sites is 1. The minimum atomic E-state index is -3.47. The van der Waals surface area contributed by atoms with Gasteiger partial charge in [0.2, 0.25) is 15.9 Å². The third-order valence-electron chi connectivity index (χ3n) is 4.28. The van der Waals surface area contributed by atoms with E-state index in [-0.39, 0.29) is 10.8 Å². The number of carbonyl (C=O) groups excluding carboxylic acids is 1. The second-order valence-corrected chi connectivity index (χ2v) is 8.24. The zero-order valence-electron chi connectivity index (χ0n) is 16.9. The Labute approximate surface area is 173 Å². The van der Waals surface area contributed by atoms with Crippen molar-refractivity contribution in [3.63, 3.8) is 0 Å². The second kappa shape index (κ2) is 11.4. The summed E-state index contributed by atoms with van der Waals surface area (Å²) >= 11 is 0. The van der Waals surface area contributed by atoms with Crippen molar-refractivity contribution in [1.29, 1.82) is 0 Å². The van der Waals surface area contributed by atoms with Gasteiger partial charge in [-0.2, -0.15) is 4.31 Å². The number of benzene rings is 2. The number of hydrogen-bond donors (Lipinski definition) is 1. The zero-order valence-corrected chi connectivity index (χ0v) is 17.7. The molecular formula is C22H28N2O4S. The van der Waals surface area contributed by atoms with Crippen molar-refractivity contribution in [3.05, 3.63) is 66.2 Å². The summed E-state index contributed by atoms with van der Waals surface area (Å²) in [5.41, 5.74) is 0.756. The summed E-state index contributed by atoms with van der Waals surface area (Å²) in [6.07, 6.45) is 3.79. The van der Waals surface area contributed by atoms with Gasteiger partial charge in [0.25, 0.3) is 0 Å². The number of hydrogen-bond acceptors (Lipinski definition) is 4. The molecule has 0 bridgehead atoms. The Morgan fingerprint density at radius 1 is 1.03 bits per heavy atom. The maximum atomic E-state index is 12.5. The van der Waals surface area contributed by atoms with Crippen LogP contribution >= 0.6 is 0 Å². The van der Waals surface area contributed by atoms with Crippen molar-refractivity contribution in [3.8, 4) is 5.75 Å². The van der Waals surface area contributed by atoms with Crippen LogP contribution in [0.4, 0.5) is 0 Å². The Hall–Kier alpha value is -2.64. The van der Waals surface area contributed by atoms with Gasteiger partial charge < -0.3 is 10.1 Å². The van der Waals surface area contributed by atoms with E-state index in [9.17, 15) is 13.2 Å². The van der Waals surface area contributed by atoms with Gasteiger partial charge in [-0.3, -0.25) is 4.79 Å². The molecule has 0 aliphatic carbocycles. The molecule has 2 aromatic carbocycles. The minimum absolute atomic E-state index is 0.204. The van der Waals surface area contributed by atoms with Crippen LogP contribution in [0.25, 0.3) is 6.08 Å². The van der Waals surface area contributed by atoms with Gasteiger partial charge in [0.1, 0.15) is 5.75 Å². The largest absolute Gasteiger partial charge is 0.494 e. The lowest BCUT2D eigenvalue weighted by Gasteiger charge is -2.18. The predicted octanol–water partition coefficient (Wildman–Crippen LogP) is 3.32. The molecule has 6 nitrogen and oxygen atoms in total. The fraction of sp³-hybridized carbons (Fsp3) is 0.318. The fourth-order valence-electron chi connectivity index (χ4n) is 2.68. The lowest BCUT2D eigenvalue weighted by atomic mass is 10.2. The molecule has 29 heavy (non-hydrogen) atoms. The average Bonchev–Trinajstić information content (AvgIpc) is 2.74. The highest BCUT2D eigenvalue weighted by molar-refractivity contribution is 7.89. The molecule has 2 aromatic rings. The standard InChI is InChI=1S/C22H28N2O4S/c1-3-24(4-2)29(26,27)21-14-11-19(12-15-21)13-16-22(25)23-17-8-18-28-20-9-6-5-7-10-20/h5-7,9-16H,3-4,8,17-18H2,1-2H3,(H,23,25)/b16-13+. The highest BCUT2D eigenvalue weighted by Gasteiger charge is 2.20. The first-order chi connectivity index (χ1) is 14.0. The summed E-state index contributed by atoms with van der Waals surface area (Å²) in [6, 6.07) is 16.0. The fourth-order valence-corrected chi connectivity index (χ4v) is 4.14. The first-order valence-corrected chi connectivity index (χ1v) is 11.1. The van der Waals surface area contributed by atoms with Crippen LogP contribution in [0.15, 0.2) is 65.6 Å². The van der Waals surface area contributed by atoms with Gasteiger partial charge in [-0.05, 0) is 42.3 Å². The molecule has 0 saturated heterocycles. The number of carbonyl (C=O) groups is 1. The third-order valence-corrected chi connectivity index (χ3v) is 6.35. The molecule has 7 heteroatoms. The van der Waals surface area contributed by atoms with E-state index in [1.165, 1.54) is 10.4 Å². The van der Waals surface area contributed by atoms with E-state index in [1.807, 2.05) is 44.2 Å². The lowest BCUT2D eigenvalue weighted by molar-refractivity contribution is -0.116. The molecule has 156 valence electrons. The van der Waals surface area contributed by atoms with E-state index in [4.69, 9.17) is 4.74 Å². The predicted molar refractivity (Wildman–Crippen MR) is 115 cm³/mol. The topological polar surface area (TPSA) is 75.7 Å². The van der Waals surface area contributed by atoms with E-state index in [1.54, 1.807) is 30.3 Å². The second-order valence-electron chi connectivity index (χ2n) is 6.30. The van der Waals surface area contributed by atoms with Gasteiger partial charge >= 0.3 is 0 Å². The van der Waals surface area contributed by atoms with E-state index >= 15 is 0 Å². The van der Waals surface area contributed by atoms with Gasteiger partial charge in [0, 0.05) is 25.7 Å². The number of sulfonamides is 1. The Bertz CT molecular complexity index is 890. The SMILES string of the molecule is CCN(CC)S(=O)(=O)c1ccc(/C=C/C(=O)NCCCOc2ccccc2)cc1. The van der Waals surface area contributed by atoms with Crippen molar-refractivity contribution in [2.24, 2.45) is 0 Å². The quantitative estimate of drug-likeness (QED) is 0.450. The van der Waals surface area contributed by atoms with E-state index < -0.39 is 10.0 Å². The van der Waals surface area contributed by atoms with Crippen molar-refractivity contribution >= 4 is 22.0 Å². The molecule has 0 fully saturated rings. The van der Waals surface area contributed by atoms with Crippen LogP contribution in [0.1, 0.15) is 25.8 Å². The van der Waals surface area contributed by atoms with Crippen LogP contribution in [0.2, 0.25) is 0 Å². The van der Waals surface area contributed by atoms with Crippen molar-refractivity contribution in [1.82, 2.24) is 9.62 Å². The van der Waals surface area contributed by atoms with E-state index in [0.29, 0.717) is 32.7 Å². The van der Waals surface area contributed by atoms with Crippen LogP contribution in [-0.4, -0.2) is 44.9 Å². The maximum Gasteiger partial charge on any atom is 0.244 e. The Balaban J connectivity index is 1.78. The van der Waals surface area contributed by atoms with Crippen molar-refractivity contribution in [2.75, 3.05) is 26.2 Å². The summed E-state index contributed by atoms with van der Waals surface area (Å²) in [7, 11) is -3.47. The molecule has 0 aliphatic heterocycles. The van der Waals surface area contributed by atoms with Gasteiger partial charge in [-0.1, -0.05) is 44.2 Å². The van der Waals surface area contributed by atoms with Crippen LogP contribution in [0, 0.1) is 0 Å². The van der Waals surface area contributed by atoms with Gasteiger partial charge in [-0.25, -0.2) is 8.42 Å². The summed E-state index contributed by atoms with van der Waals surface area (Å²) in [5, 5.41) is 2.80. The highest BCUT2D eigenvalue weighted by atomic mass is 32.2. The van der Waals surface area contributed by atoms with Crippen molar-refractivity contribution < 1.29 is 17.9 Å². The average molecular weight is 417 g/mol. The number of nitrogens with zero attached hydrogens (tertiary/aromatic N) is 1.